The van der Waals surface area contributed by atoms with Gasteiger partial charge in [-0.25, -0.2) is 0 Å². The summed E-state index contributed by atoms with van der Waals surface area (Å²) in [4.78, 5) is 2.32. The molecule has 0 radical (unpaired) electrons. The van der Waals surface area contributed by atoms with Crippen LogP contribution in [0.1, 0.15) is 11.7 Å². The zero-order valence-electron chi connectivity index (χ0n) is 23.5. The van der Waals surface area contributed by atoms with Crippen LogP contribution in [0, 0.1) is 0 Å². The standard InChI is InChI=1S/C40H30N2/c1-42-37-24-22-31(26-36(37)41-40(42)29-17-9-4-10-18-29)30-21-23-34-35(25-30)39(28-15-7-3-8-16-28)33-20-12-11-19-32(33)38(34)27-13-5-2-6-14-27/h2-26,40-41H,1H3. The van der Waals surface area contributed by atoms with E-state index in [1.165, 1.54) is 66.2 Å². The van der Waals surface area contributed by atoms with Crippen molar-refractivity contribution in [3.63, 3.8) is 0 Å². The van der Waals surface area contributed by atoms with E-state index in [4.69, 9.17) is 0 Å². The molecule has 0 bridgehead atoms. The monoisotopic (exact) mass is 538 g/mol. The predicted molar refractivity (Wildman–Crippen MR) is 179 cm³/mol. The fourth-order valence-corrected chi connectivity index (χ4v) is 6.65. The third-order valence-corrected chi connectivity index (χ3v) is 8.65. The van der Waals surface area contributed by atoms with Gasteiger partial charge >= 0.3 is 0 Å². The Labute approximate surface area is 246 Å². The van der Waals surface area contributed by atoms with E-state index in [1.807, 2.05) is 0 Å². The maximum absolute atomic E-state index is 3.77. The lowest BCUT2D eigenvalue weighted by atomic mass is 9.85. The van der Waals surface area contributed by atoms with Crippen molar-refractivity contribution in [2.45, 2.75) is 6.17 Å². The van der Waals surface area contributed by atoms with Crippen molar-refractivity contribution >= 4 is 32.9 Å². The fourth-order valence-electron chi connectivity index (χ4n) is 6.65. The van der Waals surface area contributed by atoms with E-state index in [2.05, 4.69) is 169 Å². The molecule has 1 N–H and O–H groups in total. The molecular formula is C40H30N2. The van der Waals surface area contributed by atoms with Gasteiger partial charge in [0, 0.05) is 7.05 Å². The van der Waals surface area contributed by atoms with E-state index in [1.54, 1.807) is 0 Å². The van der Waals surface area contributed by atoms with Gasteiger partial charge in [0.2, 0.25) is 0 Å². The van der Waals surface area contributed by atoms with Crippen LogP contribution in [0.2, 0.25) is 0 Å². The highest BCUT2D eigenvalue weighted by Gasteiger charge is 2.27. The highest BCUT2D eigenvalue weighted by Crippen LogP contribution is 2.46. The molecule has 200 valence electrons. The molecule has 42 heavy (non-hydrogen) atoms. The van der Waals surface area contributed by atoms with Gasteiger partial charge in [0.15, 0.2) is 0 Å². The molecular weight excluding hydrogens is 508 g/mol. The third kappa shape index (κ3) is 3.95. The molecule has 1 aliphatic heterocycles. The van der Waals surface area contributed by atoms with Crippen LogP contribution < -0.4 is 10.2 Å². The normalized spacial score (nSPS) is 14.2. The summed E-state index contributed by atoms with van der Waals surface area (Å²) >= 11 is 0. The molecule has 0 saturated heterocycles. The summed E-state index contributed by atoms with van der Waals surface area (Å²) in [6, 6.07) is 54.9. The molecule has 8 rings (SSSR count). The quantitative estimate of drug-likeness (QED) is 0.224. The summed E-state index contributed by atoms with van der Waals surface area (Å²) in [7, 11) is 2.16. The number of hydrogen-bond acceptors (Lipinski definition) is 2. The molecule has 0 saturated carbocycles. The van der Waals surface area contributed by atoms with Crippen molar-refractivity contribution in [3.05, 3.63) is 157 Å². The average Bonchev–Trinajstić information content (AvgIpc) is 3.40. The molecule has 7 aromatic rings. The van der Waals surface area contributed by atoms with Crippen molar-refractivity contribution < 1.29 is 0 Å². The maximum Gasteiger partial charge on any atom is 0.125 e. The van der Waals surface area contributed by atoms with Gasteiger partial charge in [-0.05, 0) is 78.7 Å². The molecule has 7 aromatic carbocycles. The van der Waals surface area contributed by atoms with Crippen LogP contribution in [0.5, 0.6) is 0 Å². The van der Waals surface area contributed by atoms with Crippen LogP contribution in [-0.4, -0.2) is 7.05 Å². The SMILES string of the molecule is CN1c2ccc(-c3ccc4c(-c5ccccc5)c5ccccc5c(-c5ccccc5)c4c3)cc2NC1c1ccccc1. The van der Waals surface area contributed by atoms with Gasteiger partial charge < -0.3 is 10.2 Å². The molecule has 2 heteroatoms. The molecule has 0 spiro atoms. The van der Waals surface area contributed by atoms with Crippen LogP contribution in [0.3, 0.4) is 0 Å². The summed E-state index contributed by atoms with van der Waals surface area (Å²) in [6.07, 6.45) is 0.123. The summed E-state index contributed by atoms with van der Waals surface area (Å²) in [5.74, 6) is 0. The first-order chi connectivity index (χ1) is 20.8. The fraction of sp³-hybridized carbons (Fsp3) is 0.0500. The van der Waals surface area contributed by atoms with Gasteiger partial charge in [0.05, 0.1) is 11.4 Å². The number of benzene rings is 7. The van der Waals surface area contributed by atoms with Gasteiger partial charge in [-0.15, -0.1) is 0 Å². The van der Waals surface area contributed by atoms with E-state index in [0.29, 0.717) is 0 Å². The van der Waals surface area contributed by atoms with Gasteiger partial charge in [-0.2, -0.15) is 0 Å². The Bertz CT molecular complexity index is 2070. The lowest BCUT2D eigenvalue weighted by Gasteiger charge is -2.22. The van der Waals surface area contributed by atoms with E-state index >= 15 is 0 Å². The second-order valence-corrected chi connectivity index (χ2v) is 11.1. The third-order valence-electron chi connectivity index (χ3n) is 8.65. The highest BCUT2D eigenvalue weighted by molar-refractivity contribution is 6.22. The smallest absolute Gasteiger partial charge is 0.125 e. The molecule has 0 aromatic heterocycles. The Balaban J connectivity index is 1.34. The molecule has 1 unspecified atom stereocenters. The van der Waals surface area contributed by atoms with Crippen molar-refractivity contribution in [1.29, 1.82) is 0 Å². The van der Waals surface area contributed by atoms with Crippen molar-refractivity contribution in [2.24, 2.45) is 0 Å². The van der Waals surface area contributed by atoms with E-state index in [0.717, 1.165) is 5.69 Å². The van der Waals surface area contributed by atoms with Crippen molar-refractivity contribution in [2.75, 3.05) is 17.3 Å². The minimum Gasteiger partial charge on any atom is -0.360 e. The second kappa shape index (κ2) is 9.94. The van der Waals surface area contributed by atoms with E-state index < -0.39 is 0 Å². The van der Waals surface area contributed by atoms with Crippen molar-refractivity contribution in [1.82, 2.24) is 0 Å². The lowest BCUT2D eigenvalue weighted by Crippen LogP contribution is -2.23. The van der Waals surface area contributed by atoms with Crippen LogP contribution in [-0.2, 0) is 0 Å². The first-order valence-electron chi connectivity index (χ1n) is 14.5. The Kier molecular flexibility index (Phi) is 5.79. The molecule has 0 fully saturated rings. The van der Waals surface area contributed by atoms with Gasteiger partial charge in [0.25, 0.3) is 0 Å². The van der Waals surface area contributed by atoms with Gasteiger partial charge in [0.1, 0.15) is 6.17 Å². The summed E-state index contributed by atoms with van der Waals surface area (Å²) < 4.78 is 0. The zero-order valence-corrected chi connectivity index (χ0v) is 23.5. The number of rotatable bonds is 4. The topological polar surface area (TPSA) is 15.3 Å². The molecule has 0 aliphatic carbocycles. The average molecular weight is 539 g/mol. The van der Waals surface area contributed by atoms with E-state index in [9.17, 15) is 0 Å². The number of nitrogens with one attached hydrogen (secondary N) is 1. The van der Waals surface area contributed by atoms with Crippen LogP contribution in [0.15, 0.2) is 152 Å². The summed E-state index contributed by atoms with van der Waals surface area (Å²) in [6.45, 7) is 0. The zero-order chi connectivity index (χ0) is 28.0. The number of anilines is 2. The predicted octanol–water partition coefficient (Wildman–Crippen LogP) is 10.6. The van der Waals surface area contributed by atoms with Gasteiger partial charge in [-0.3, -0.25) is 0 Å². The number of hydrogen-bond donors (Lipinski definition) is 1. The molecule has 1 heterocycles. The lowest BCUT2D eigenvalue weighted by molar-refractivity contribution is 0.792. The largest absolute Gasteiger partial charge is 0.360 e. The first-order valence-corrected chi connectivity index (χ1v) is 14.5. The maximum atomic E-state index is 3.77. The Hall–Kier alpha value is -5.34. The van der Waals surface area contributed by atoms with Crippen LogP contribution >= 0.6 is 0 Å². The Morgan fingerprint density at radius 2 is 0.952 bits per heavy atom. The van der Waals surface area contributed by atoms with Crippen LogP contribution in [0.4, 0.5) is 11.4 Å². The first kappa shape index (κ1) is 24.5. The number of nitrogens with zero attached hydrogens (tertiary/aromatic N) is 1. The molecule has 0 amide bonds. The van der Waals surface area contributed by atoms with E-state index in [-0.39, 0.29) is 6.17 Å². The summed E-state index contributed by atoms with van der Waals surface area (Å²) in [5, 5.41) is 8.85. The summed E-state index contributed by atoms with van der Waals surface area (Å²) in [5.41, 5.74) is 11.1. The molecule has 2 nitrogen and oxygen atoms in total. The Morgan fingerprint density at radius 1 is 0.452 bits per heavy atom. The number of fused-ring (bicyclic) bond motifs is 3. The highest BCUT2D eigenvalue weighted by atomic mass is 15.3. The Morgan fingerprint density at radius 3 is 1.60 bits per heavy atom. The minimum atomic E-state index is 0.123. The second-order valence-electron chi connectivity index (χ2n) is 11.1. The van der Waals surface area contributed by atoms with Crippen molar-refractivity contribution in [3.8, 4) is 33.4 Å². The van der Waals surface area contributed by atoms with Crippen LogP contribution in [0.25, 0.3) is 54.9 Å². The minimum absolute atomic E-state index is 0.123. The van der Waals surface area contributed by atoms with Gasteiger partial charge in [-0.1, -0.05) is 133 Å². The molecule has 1 aliphatic rings. The molecule has 1 atom stereocenters.